The van der Waals surface area contributed by atoms with Crippen molar-refractivity contribution in [3.05, 3.63) is 23.4 Å². The summed E-state index contributed by atoms with van der Waals surface area (Å²) in [6.45, 7) is 0.422. The molecule has 98 valence electrons. The van der Waals surface area contributed by atoms with E-state index in [4.69, 9.17) is 10.3 Å². The zero-order valence-electron chi connectivity index (χ0n) is 10.2. The summed E-state index contributed by atoms with van der Waals surface area (Å²) in [5.74, 6) is 0.687. The van der Waals surface area contributed by atoms with Gasteiger partial charge in [-0.3, -0.25) is 5.21 Å². The second-order valence-corrected chi connectivity index (χ2v) is 4.13. The fraction of sp³-hybridized carbons (Fsp3) is 0.364. The monoisotopic (exact) mass is 251 g/mol. The lowest BCUT2D eigenvalue weighted by atomic mass is 10.3. The van der Waals surface area contributed by atoms with E-state index in [0.717, 1.165) is 5.52 Å². The van der Waals surface area contributed by atoms with Crippen LogP contribution in [0, 0.1) is 5.21 Å². The zero-order chi connectivity index (χ0) is 13.3. The molecule has 1 aromatic heterocycles. The van der Waals surface area contributed by atoms with Crippen LogP contribution in [0.15, 0.2) is 18.2 Å². The van der Waals surface area contributed by atoms with Crippen molar-refractivity contribution in [1.29, 1.82) is 0 Å². The van der Waals surface area contributed by atoms with Gasteiger partial charge in [-0.1, -0.05) is 0 Å². The summed E-state index contributed by atoms with van der Waals surface area (Å²) in [6, 6.07) is 4.70. The predicted octanol–water partition coefficient (Wildman–Crippen LogP) is 0.788. The van der Waals surface area contributed by atoms with Crippen molar-refractivity contribution in [2.24, 2.45) is 0 Å². The molecule has 18 heavy (non-hydrogen) atoms. The molecule has 0 atom stereocenters. The molecule has 2 N–H and O–H groups in total. The molecule has 1 heterocycles. The highest BCUT2D eigenvalue weighted by atomic mass is 16.8. The highest BCUT2D eigenvalue weighted by Gasteiger charge is 2.12. The van der Waals surface area contributed by atoms with Crippen molar-refractivity contribution >= 4 is 22.7 Å². The summed E-state index contributed by atoms with van der Waals surface area (Å²) in [5.41, 5.74) is 1.53. The third-order valence-corrected chi connectivity index (χ3v) is 2.66. The zero-order valence-corrected chi connectivity index (χ0v) is 10.2. The molecule has 0 aliphatic rings. The van der Waals surface area contributed by atoms with Crippen molar-refractivity contribution < 1.29 is 10.3 Å². The minimum atomic E-state index is -0.195. The molecule has 0 saturated carbocycles. The van der Waals surface area contributed by atoms with Crippen LogP contribution in [-0.2, 0) is 6.54 Å². The molecule has 0 spiro atoms. The summed E-state index contributed by atoms with van der Waals surface area (Å²) < 4.78 is 1.85. The smallest absolute Gasteiger partial charge is 0.206 e. The van der Waals surface area contributed by atoms with E-state index in [9.17, 15) is 5.21 Å². The van der Waals surface area contributed by atoms with Crippen LogP contribution in [0.4, 0.5) is 11.6 Å². The van der Waals surface area contributed by atoms with E-state index >= 15 is 0 Å². The molecule has 0 amide bonds. The molecule has 7 heteroatoms. The fourth-order valence-corrected chi connectivity index (χ4v) is 1.89. The van der Waals surface area contributed by atoms with E-state index in [0.29, 0.717) is 18.0 Å². The quantitative estimate of drug-likeness (QED) is 0.781. The molecule has 0 aliphatic carbocycles. The largest absolute Gasteiger partial charge is 0.733 e. The van der Waals surface area contributed by atoms with E-state index in [1.54, 1.807) is 6.07 Å². The third-order valence-electron chi connectivity index (χ3n) is 2.66. The number of fused-ring (bicyclic) bond motifs is 1. The first-order chi connectivity index (χ1) is 8.54. The Kier molecular flexibility index (Phi) is 3.37. The Morgan fingerprint density at radius 1 is 1.39 bits per heavy atom. The van der Waals surface area contributed by atoms with Crippen molar-refractivity contribution in [1.82, 2.24) is 9.55 Å². The number of rotatable bonds is 4. The molecule has 0 bridgehead atoms. The van der Waals surface area contributed by atoms with Gasteiger partial charge in [0, 0.05) is 20.6 Å². The number of nitrogens with zero attached hydrogens (tertiary/aromatic N) is 4. The summed E-state index contributed by atoms with van der Waals surface area (Å²) in [7, 11) is 3.70. The van der Waals surface area contributed by atoms with Gasteiger partial charge in [0.15, 0.2) is 0 Å². The van der Waals surface area contributed by atoms with Crippen LogP contribution in [0.1, 0.15) is 0 Å². The van der Waals surface area contributed by atoms with Crippen LogP contribution < -0.4 is 10.1 Å². The number of aromatic nitrogens is 2. The number of hydrogen-bond donors (Lipinski definition) is 2. The van der Waals surface area contributed by atoms with Gasteiger partial charge in [-0.2, -0.15) is 0 Å². The van der Waals surface area contributed by atoms with Gasteiger partial charge < -0.3 is 25.0 Å². The first-order valence-electron chi connectivity index (χ1n) is 5.49. The van der Waals surface area contributed by atoms with Gasteiger partial charge in [-0.25, -0.2) is 4.98 Å². The maximum atomic E-state index is 10.8. The molecule has 0 unspecified atom stereocenters. The molecular weight excluding hydrogens is 236 g/mol. The second-order valence-electron chi connectivity index (χ2n) is 4.13. The molecular formula is C11H15N4O3-. The fourth-order valence-electron chi connectivity index (χ4n) is 1.89. The van der Waals surface area contributed by atoms with Crippen LogP contribution >= 0.6 is 0 Å². The lowest BCUT2D eigenvalue weighted by Crippen LogP contribution is -2.16. The van der Waals surface area contributed by atoms with Gasteiger partial charge in [0.25, 0.3) is 0 Å². The summed E-state index contributed by atoms with van der Waals surface area (Å²) >= 11 is 0. The first-order valence-corrected chi connectivity index (χ1v) is 5.49. The number of hydrogen-bond acceptors (Lipinski definition) is 6. The average Bonchev–Trinajstić information content (AvgIpc) is 2.68. The van der Waals surface area contributed by atoms with Crippen LogP contribution in [-0.4, -0.2) is 40.6 Å². The minimum Gasteiger partial charge on any atom is -0.733 e. The standard InChI is InChI=1S/C11H15N4O3/c1-13(2)11-12-9-7-8(15(17)18)3-4-10(9)14(11)5-6-16/h3-4,7,16-17H,5-6H2,1-2H3/q-1. The second kappa shape index (κ2) is 4.81. The van der Waals surface area contributed by atoms with Gasteiger partial charge in [0.05, 0.1) is 23.3 Å². The van der Waals surface area contributed by atoms with Crippen LogP contribution in [0.5, 0.6) is 0 Å². The Morgan fingerprint density at radius 2 is 2.11 bits per heavy atom. The molecule has 1 aromatic carbocycles. The number of benzene rings is 1. The number of imidazole rings is 1. The molecule has 2 aromatic rings. The summed E-state index contributed by atoms with van der Waals surface area (Å²) in [6.07, 6.45) is 0. The van der Waals surface area contributed by atoms with Crippen molar-refractivity contribution in [3.63, 3.8) is 0 Å². The average molecular weight is 251 g/mol. The minimum absolute atomic E-state index is 0.00172. The molecule has 0 aliphatic heterocycles. The Labute approximate surface area is 104 Å². The normalized spacial score (nSPS) is 10.9. The molecule has 0 radical (unpaired) electrons. The van der Waals surface area contributed by atoms with Gasteiger partial charge in [-0.15, -0.1) is 0 Å². The van der Waals surface area contributed by atoms with Gasteiger partial charge in [-0.05, 0) is 18.2 Å². The van der Waals surface area contributed by atoms with E-state index in [1.165, 1.54) is 12.1 Å². The lowest BCUT2D eigenvalue weighted by Gasteiger charge is -2.21. The molecule has 0 fully saturated rings. The van der Waals surface area contributed by atoms with Crippen molar-refractivity contribution in [2.75, 3.05) is 30.8 Å². The molecule has 2 rings (SSSR count). The van der Waals surface area contributed by atoms with Gasteiger partial charge >= 0.3 is 0 Å². The van der Waals surface area contributed by atoms with Crippen molar-refractivity contribution in [2.45, 2.75) is 6.54 Å². The maximum absolute atomic E-state index is 10.8. The predicted molar refractivity (Wildman–Crippen MR) is 68.8 cm³/mol. The first kappa shape index (κ1) is 12.6. The maximum Gasteiger partial charge on any atom is 0.206 e. The van der Waals surface area contributed by atoms with Crippen LogP contribution in [0.3, 0.4) is 0 Å². The molecule has 7 nitrogen and oxygen atoms in total. The summed E-state index contributed by atoms with van der Waals surface area (Å²) in [4.78, 5) is 6.20. The number of anilines is 2. The van der Waals surface area contributed by atoms with Crippen LogP contribution in [0.2, 0.25) is 0 Å². The van der Waals surface area contributed by atoms with Crippen LogP contribution in [0.25, 0.3) is 11.0 Å². The van der Waals surface area contributed by atoms with Gasteiger partial charge in [0.2, 0.25) is 5.95 Å². The Balaban J connectivity index is 2.60. The van der Waals surface area contributed by atoms with E-state index < -0.39 is 0 Å². The van der Waals surface area contributed by atoms with E-state index in [-0.39, 0.29) is 17.5 Å². The highest BCUT2D eigenvalue weighted by molar-refractivity contribution is 5.82. The van der Waals surface area contributed by atoms with E-state index in [1.807, 2.05) is 23.6 Å². The van der Waals surface area contributed by atoms with Gasteiger partial charge in [0.1, 0.15) is 0 Å². The topological polar surface area (TPSA) is 87.8 Å². The third kappa shape index (κ3) is 2.10. The Morgan fingerprint density at radius 3 is 2.67 bits per heavy atom. The Hall–Kier alpha value is -1.83. The highest BCUT2D eigenvalue weighted by Crippen LogP contribution is 2.25. The van der Waals surface area contributed by atoms with E-state index in [2.05, 4.69) is 4.98 Å². The number of aliphatic hydroxyl groups excluding tert-OH is 1. The lowest BCUT2D eigenvalue weighted by molar-refractivity contribution is 0.278. The Bertz CT molecular complexity index is 550. The molecule has 0 saturated heterocycles. The van der Waals surface area contributed by atoms with Crippen molar-refractivity contribution in [3.8, 4) is 0 Å². The SMILES string of the molecule is CN(C)c1nc2cc(N([O-])O)ccc2n1CCO. The number of aliphatic hydroxyl groups is 1. The summed E-state index contributed by atoms with van der Waals surface area (Å²) in [5, 5.41) is 28.6.